The Morgan fingerprint density at radius 2 is 1.67 bits per heavy atom. The highest BCUT2D eigenvalue weighted by Gasteiger charge is 2.16. The molecule has 0 aliphatic heterocycles. The first-order valence-corrected chi connectivity index (χ1v) is 9.81. The average Bonchev–Trinajstić information content (AvgIpc) is 2.60. The van der Waals surface area contributed by atoms with E-state index in [-0.39, 0.29) is 18.4 Å². The van der Waals surface area contributed by atoms with Crippen LogP contribution in [0.1, 0.15) is 51.4 Å². The molecule has 152 valence electrons. The van der Waals surface area contributed by atoms with Gasteiger partial charge in [-0.2, -0.15) is 0 Å². The van der Waals surface area contributed by atoms with Crippen LogP contribution in [0.2, 0.25) is 0 Å². The largest absolute Gasteiger partial charge is 0.494 e. The lowest BCUT2D eigenvalue weighted by molar-refractivity contribution is -0.137. The Morgan fingerprint density at radius 3 is 2.30 bits per heavy atom. The summed E-state index contributed by atoms with van der Waals surface area (Å²) in [5.74, 6) is -0.0308. The monoisotopic (exact) mass is 378 g/mol. The smallest absolute Gasteiger partial charge is 0.305 e. The van der Waals surface area contributed by atoms with Crippen LogP contribution in [-0.2, 0) is 9.59 Å². The van der Waals surface area contributed by atoms with Crippen molar-refractivity contribution in [2.75, 3.05) is 27.2 Å². The molecule has 1 rings (SSSR count). The molecular weight excluding hydrogens is 344 g/mol. The molecule has 0 aliphatic rings. The normalized spacial score (nSPS) is 12.0. The Bertz CT molecular complexity index is 534. The Morgan fingerprint density at radius 1 is 1.04 bits per heavy atom. The highest BCUT2D eigenvalue weighted by molar-refractivity contribution is 5.77. The number of carbonyl (C=O) groups excluding carboxylic acids is 1. The van der Waals surface area contributed by atoms with E-state index in [1.165, 1.54) is 0 Å². The van der Waals surface area contributed by atoms with Gasteiger partial charge in [0.1, 0.15) is 5.75 Å². The van der Waals surface area contributed by atoms with Gasteiger partial charge < -0.3 is 20.1 Å². The summed E-state index contributed by atoms with van der Waals surface area (Å²) in [5.41, 5.74) is 0. The molecule has 0 saturated heterocycles. The van der Waals surface area contributed by atoms with Crippen LogP contribution in [0, 0.1) is 0 Å². The quantitative estimate of drug-likeness (QED) is 0.458. The molecule has 1 atom stereocenters. The minimum Gasteiger partial charge on any atom is -0.494 e. The van der Waals surface area contributed by atoms with Crippen molar-refractivity contribution in [3.8, 4) is 5.75 Å². The maximum absolute atomic E-state index is 12.0. The van der Waals surface area contributed by atoms with Crippen molar-refractivity contribution in [2.24, 2.45) is 0 Å². The fourth-order valence-electron chi connectivity index (χ4n) is 2.91. The highest BCUT2D eigenvalue weighted by Crippen LogP contribution is 2.11. The molecule has 0 radical (unpaired) electrons. The number of carbonyl (C=O) groups is 2. The lowest BCUT2D eigenvalue weighted by Gasteiger charge is -2.20. The molecular formula is C21H34N2O4. The number of nitrogens with zero attached hydrogens (tertiary/aromatic N) is 1. The van der Waals surface area contributed by atoms with Gasteiger partial charge in [0.2, 0.25) is 5.91 Å². The number of benzene rings is 1. The second-order valence-corrected chi connectivity index (χ2v) is 7.16. The van der Waals surface area contributed by atoms with Gasteiger partial charge in [-0.15, -0.1) is 0 Å². The van der Waals surface area contributed by atoms with Crippen molar-refractivity contribution >= 4 is 11.9 Å². The highest BCUT2D eigenvalue weighted by atomic mass is 16.5. The van der Waals surface area contributed by atoms with E-state index < -0.39 is 5.97 Å². The van der Waals surface area contributed by atoms with Crippen molar-refractivity contribution in [2.45, 2.75) is 57.4 Å². The van der Waals surface area contributed by atoms with E-state index in [1.54, 1.807) is 0 Å². The van der Waals surface area contributed by atoms with E-state index in [1.807, 2.05) is 49.3 Å². The predicted octanol–water partition coefficient (Wildman–Crippen LogP) is 3.32. The Hall–Kier alpha value is -2.08. The number of amides is 1. The van der Waals surface area contributed by atoms with Crippen molar-refractivity contribution in [1.29, 1.82) is 0 Å². The number of hydrogen-bond donors (Lipinski definition) is 2. The van der Waals surface area contributed by atoms with Crippen molar-refractivity contribution < 1.29 is 19.4 Å². The van der Waals surface area contributed by atoms with E-state index in [9.17, 15) is 9.59 Å². The van der Waals surface area contributed by atoms with Crippen LogP contribution >= 0.6 is 0 Å². The van der Waals surface area contributed by atoms with Crippen LogP contribution in [0.3, 0.4) is 0 Å². The maximum Gasteiger partial charge on any atom is 0.305 e. The van der Waals surface area contributed by atoms with Crippen molar-refractivity contribution in [3.63, 3.8) is 0 Å². The molecule has 27 heavy (non-hydrogen) atoms. The van der Waals surface area contributed by atoms with Gasteiger partial charge in [-0.3, -0.25) is 9.59 Å². The van der Waals surface area contributed by atoms with Crippen LogP contribution in [0.4, 0.5) is 0 Å². The molecule has 1 aromatic rings. The SMILES string of the molecule is CN(C)C[C@@H](CC(=O)O)NC(=O)CCCCCCCCOc1ccccc1. The fraction of sp³-hybridized carbons (Fsp3) is 0.619. The second kappa shape index (κ2) is 14.0. The van der Waals surface area contributed by atoms with E-state index in [0.717, 1.165) is 50.9 Å². The first kappa shape index (κ1) is 23.0. The number of hydrogen-bond acceptors (Lipinski definition) is 4. The molecule has 0 heterocycles. The lowest BCUT2D eigenvalue weighted by Crippen LogP contribution is -2.42. The zero-order chi connectivity index (χ0) is 19.9. The van der Waals surface area contributed by atoms with Gasteiger partial charge in [-0.1, -0.05) is 43.9 Å². The van der Waals surface area contributed by atoms with Crippen LogP contribution in [-0.4, -0.2) is 55.2 Å². The fourth-order valence-corrected chi connectivity index (χ4v) is 2.91. The molecule has 0 aromatic heterocycles. The third-order valence-corrected chi connectivity index (χ3v) is 4.18. The molecule has 0 aliphatic carbocycles. The number of likely N-dealkylation sites (N-methyl/N-ethyl adjacent to an activating group) is 1. The third-order valence-electron chi connectivity index (χ3n) is 4.18. The number of carboxylic acid groups (broad SMARTS) is 1. The molecule has 6 heteroatoms. The minimum absolute atomic E-state index is 0.0467. The molecule has 0 saturated carbocycles. The summed E-state index contributed by atoms with van der Waals surface area (Å²) in [4.78, 5) is 24.8. The summed E-state index contributed by atoms with van der Waals surface area (Å²) < 4.78 is 5.66. The molecule has 0 spiro atoms. The number of nitrogens with one attached hydrogen (secondary N) is 1. The number of unbranched alkanes of at least 4 members (excludes halogenated alkanes) is 5. The summed E-state index contributed by atoms with van der Waals surface area (Å²) >= 11 is 0. The van der Waals surface area contributed by atoms with E-state index >= 15 is 0 Å². The first-order valence-electron chi connectivity index (χ1n) is 9.81. The van der Waals surface area contributed by atoms with E-state index in [4.69, 9.17) is 9.84 Å². The van der Waals surface area contributed by atoms with Gasteiger partial charge >= 0.3 is 5.97 Å². The Balaban J connectivity index is 2.01. The minimum atomic E-state index is -0.890. The van der Waals surface area contributed by atoms with Crippen LogP contribution in [0.25, 0.3) is 0 Å². The van der Waals surface area contributed by atoms with Crippen molar-refractivity contribution in [3.05, 3.63) is 30.3 Å². The van der Waals surface area contributed by atoms with Crippen LogP contribution in [0.5, 0.6) is 5.75 Å². The molecule has 0 fully saturated rings. The Kier molecular flexibility index (Phi) is 11.9. The molecule has 0 unspecified atom stereocenters. The first-order chi connectivity index (χ1) is 13.0. The van der Waals surface area contributed by atoms with E-state index in [2.05, 4.69) is 5.32 Å². The summed E-state index contributed by atoms with van der Waals surface area (Å²) in [6, 6.07) is 9.50. The van der Waals surface area contributed by atoms with Crippen LogP contribution < -0.4 is 10.1 Å². The summed E-state index contributed by atoms with van der Waals surface area (Å²) in [6.45, 7) is 1.27. The van der Waals surface area contributed by atoms with Gasteiger partial charge in [0.25, 0.3) is 0 Å². The Labute approximate surface area is 162 Å². The summed E-state index contributed by atoms with van der Waals surface area (Å²) in [6.07, 6.45) is 6.68. The average molecular weight is 379 g/mol. The molecule has 6 nitrogen and oxygen atoms in total. The lowest BCUT2D eigenvalue weighted by atomic mass is 10.1. The van der Waals surface area contributed by atoms with E-state index in [0.29, 0.717) is 13.0 Å². The number of para-hydroxylation sites is 1. The van der Waals surface area contributed by atoms with Gasteiger partial charge in [0.15, 0.2) is 0 Å². The molecule has 0 bridgehead atoms. The van der Waals surface area contributed by atoms with Gasteiger partial charge in [0.05, 0.1) is 19.1 Å². The zero-order valence-corrected chi connectivity index (χ0v) is 16.7. The van der Waals surface area contributed by atoms with Crippen molar-refractivity contribution in [1.82, 2.24) is 10.2 Å². The molecule has 1 aromatic carbocycles. The maximum atomic E-state index is 12.0. The van der Waals surface area contributed by atoms with Gasteiger partial charge in [-0.25, -0.2) is 0 Å². The number of aliphatic carboxylic acids is 1. The zero-order valence-electron chi connectivity index (χ0n) is 16.7. The molecule has 2 N–H and O–H groups in total. The predicted molar refractivity (Wildman–Crippen MR) is 107 cm³/mol. The third kappa shape index (κ3) is 12.8. The summed E-state index contributed by atoms with van der Waals surface area (Å²) in [5, 5.41) is 11.8. The second-order valence-electron chi connectivity index (χ2n) is 7.16. The summed E-state index contributed by atoms with van der Waals surface area (Å²) in [7, 11) is 3.73. The standard InChI is InChI=1S/C21H34N2O4/c1-23(2)17-18(16-21(25)26)22-20(24)14-10-5-3-4-6-11-15-27-19-12-8-7-9-13-19/h7-9,12-13,18H,3-6,10-11,14-17H2,1-2H3,(H,22,24)(H,25,26)/t18-/m1/s1. The molecule has 1 amide bonds. The van der Waals surface area contributed by atoms with Gasteiger partial charge in [-0.05, 0) is 39.1 Å². The number of rotatable bonds is 15. The topological polar surface area (TPSA) is 78.9 Å². The number of ether oxygens (including phenoxy) is 1. The number of carboxylic acids is 1. The van der Waals surface area contributed by atoms with Gasteiger partial charge in [0, 0.05) is 13.0 Å². The van der Waals surface area contributed by atoms with Crippen LogP contribution in [0.15, 0.2) is 30.3 Å².